The molecule has 2 heterocycles. The van der Waals surface area contributed by atoms with Crippen LogP contribution in [0, 0.1) is 0 Å². The minimum Gasteiger partial charge on any atom is -0.496 e. The van der Waals surface area contributed by atoms with E-state index in [9.17, 15) is 5.11 Å². The molecule has 0 amide bonds. The summed E-state index contributed by atoms with van der Waals surface area (Å²) >= 11 is 5.55. The number of aliphatic hydroxyl groups is 1. The molecule has 0 aromatic heterocycles. The third kappa shape index (κ3) is 4.20. The molecule has 7 nitrogen and oxygen atoms in total. The van der Waals surface area contributed by atoms with Crippen LogP contribution in [0.15, 0.2) is 12.1 Å². The Morgan fingerprint density at radius 1 is 1.27 bits per heavy atom. The second-order valence-corrected chi connectivity index (χ2v) is 6.83. The number of fused-ring (bicyclic) bond motifs is 1. The summed E-state index contributed by atoms with van der Waals surface area (Å²) in [6, 6.07) is 3.69. The van der Waals surface area contributed by atoms with Gasteiger partial charge in [0.25, 0.3) is 0 Å². The van der Waals surface area contributed by atoms with Crippen LogP contribution in [0.3, 0.4) is 0 Å². The average Bonchev–Trinajstić information content (AvgIpc) is 2.67. The SMILES string of the molecule is COc1ccc(OC)c2c1CN(C(=S)NCCN1CCOCC1)C[C@@H]2O. The van der Waals surface area contributed by atoms with Crippen LogP contribution in [0.5, 0.6) is 11.5 Å². The molecule has 0 aliphatic carbocycles. The Morgan fingerprint density at radius 3 is 2.65 bits per heavy atom. The first-order chi connectivity index (χ1) is 12.6. The number of nitrogens with zero attached hydrogens (tertiary/aromatic N) is 2. The Bertz CT molecular complexity index is 637. The van der Waals surface area contributed by atoms with E-state index < -0.39 is 6.10 Å². The summed E-state index contributed by atoms with van der Waals surface area (Å²) in [4.78, 5) is 4.33. The molecule has 1 fully saturated rings. The van der Waals surface area contributed by atoms with Gasteiger partial charge in [-0.15, -0.1) is 0 Å². The van der Waals surface area contributed by atoms with Gasteiger partial charge in [-0.3, -0.25) is 4.90 Å². The summed E-state index contributed by atoms with van der Waals surface area (Å²) < 4.78 is 16.2. The van der Waals surface area contributed by atoms with Gasteiger partial charge < -0.3 is 29.5 Å². The fourth-order valence-corrected chi connectivity index (χ4v) is 3.73. The van der Waals surface area contributed by atoms with E-state index in [1.165, 1.54) is 0 Å². The lowest BCUT2D eigenvalue weighted by atomic mass is 9.95. The molecule has 1 atom stereocenters. The first kappa shape index (κ1) is 19.2. The molecule has 2 aliphatic rings. The lowest BCUT2D eigenvalue weighted by Gasteiger charge is -2.36. The summed E-state index contributed by atoms with van der Waals surface area (Å²) in [5.74, 6) is 1.42. The van der Waals surface area contributed by atoms with Gasteiger partial charge in [0.1, 0.15) is 17.6 Å². The number of β-amino-alcohol motifs (C(OH)–C–C–N with tert-alkyl or cyclic N) is 1. The van der Waals surface area contributed by atoms with Crippen molar-refractivity contribution >= 4 is 17.3 Å². The summed E-state index contributed by atoms with van der Waals surface area (Å²) in [6.45, 7) is 6.21. The standard InChI is InChI=1S/C18H27N3O4S/c1-23-15-3-4-16(24-2)17-13(15)11-21(12-14(17)22)18(26)19-5-6-20-7-9-25-10-8-20/h3-4,14,22H,5-12H2,1-2H3,(H,19,26)/t14-/m0/s1. The van der Waals surface area contributed by atoms with Gasteiger partial charge in [-0.1, -0.05) is 0 Å². The van der Waals surface area contributed by atoms with Crippen molar-refractivity contribution in [1.29, 1.82) is 0 Å². The number of rotatable bonds is 5. The minimum absolute atomic E-state index is 0.430. The van der Waals surface area contributed by atoms with E-state index in [4.69, 9.17) is 26.4 Å². The molecule has 1 saturated heterocycles. The van der Waals surface area contributed by atoms with Crippen LogP contribution in [0.4, 0.5) is 0 Å². The predicted molar refractivity (Wildman–Crippen MR) is 103 cm³/mol. The molecule has 1 aromatic carbocycles. The van der Waals surface area contributed by atoms with Crippen molar-refractivity contribution in [2.24, 2.45) is 0 Å². The van der Waals surface area contributed by atoms with Crippen LogP contribution in [-0.2, 0) is 11.3 Å². The zero-order chi connectivity index (χ0) is 18.5. The van der Waals surface area contributed by atoms with E-state index in [0.29, 0.717) is 24.0 Å². The highest BCUT2D eigenvalue weighted by Crippen LogP contribution is 2.39. The maximum atomic E-state index is 10.7. The van der Waals surface area contributed by atoms with Crippen molar-refractivity contribution in [3.05, 3.63) is 23.3 Å². The number of nitrogens with one attached hydrogen (secondary N) is 1. The summed E-state index contributed by atoms with van der Waals surface area (Å²) in [6.07, 6.45) is -0.678. The van der Waals surface area contributed by atoms with Gasteiger partial charge in [0.05, 0.1) is 34.0 Å². The third-order valence-corrected chi connectivity index (χ3v) is 5.29. The lowest BCUT2D eigenvalue weighted by molar-refractivity contribution is 0.0388. The highest BCUT2D eigenvalue weighted by molar-refractivity contribution is 7.80. The average molecular weight is 381 g/mol. The Hall–Kier alpha value is -1.61. The molecular formula is C18H27N3O4S. The summed E-state index contributed by atoms with van der Waals surface area (Å²) in [5, 5.41) is 14.6. The molecule has 1 aromatic rings. The van der Waals surface area contributed by atoms with E-state index in [-0.39, 0.29) is 0 Å². The molecule has 2 aliphatic heterocycles. The highest BCUT2D eigenvalue weighted by atomic mass is 32.1. The molecular weight excluding hydrogens is 354 g/mol. The lowest BCUT2D eigenvalue weighted by Crippen LogP contribution is -2.47. The Morgan fingerprint density at radius 2 is 1.96 bits per heavy atom. The van der Waals surface area contributed by atoms with Gasteiger partial charge in [0.15, 0.2) is 5.11 Å². The number of ether oxygens (including phenoxy) is 3. The van der Waals surface area contributed by atoms with Crippen LogP contribution in [-0.4, -0.2) is 80.2 Å². The molecule has 0 unspecified atom stereocenters. The Kier molecular flexibility index (Phi) is 6.53. The van der Waals surface area contributed by atoms with Gasteiger partial charge in [0.2, 0.25) is 0 Å². The zero-order valence-electron chi connectivity index (χ0n) is 15.4. The van der Waals surface area contributed by atoms with Crippen LogP contribution < -0.4 is 14.8 Å². The maximum Gasteiger partial charge on any atom is 0.169 e. The van der Waals surface area contributed by atoms with E-state index in [1.54, 1.807) is 14.2 Å². The van der Waals surface area contributed by atoms with Crippen LogP contribution in [0.25, 0.3) is 0 Å². The molecule has 0 radical (unpaired) electrons. The monoisotopic (exact) mass is 381 g/mol. The predicted octanol–water partition coefficient (Wildman–Crippen LogP) is 0.759. The molecule has 0 spiro atoms. The van der Waals surface area contributed by atoms with E-state index in [2.05, 4.69) is 10.2 Å². The smallest absolute Gasteiger partial charge is 0.169 e. The van der Waals surface area contributed by atoms with Crippen molar-refractivity contribution in [3.63, 3.8) is 0 Å². The minimum atomic E-state index is -0.678. The molecule has 8 heteroatoms. The second kappa shape index (κ2) is 8.85. The fourth-order valence-electron chi connectivity index (χ4n) is 3.49. The fraction of sp³-hybridized carbons (Fsp3) is 0.611. The summed E-state index contributed by atoms with van der Waals surface area (Å²) in [5.41, 5.74) is 1.71. The molecule has 0 saturated carbocycles. The van der Waals surface area contributed by atoms with Gasteiger partial charge in [0, 0.05) is 43.9 Å². The number of morpholine rings is 1. The Labute approximate surface area is 159 Å². The molecule has 3 rings (SSSR count). The topological polar surface area (TPSA) is 66.4 Å². The first-order valence-corrected chi connectivity index (χ1v) is 9.29. The largest absolute Gasteiger partial charge is 0.496 e. The van der Waals surface area contributed by atoms with Gasteiger partial charge in [-0.25, -0.2) is 0 Å². The summed E-state index contributed by atoms with van der Waals surface area (Å²) in [7, 11) is 3.24. The van der Waals surface area contributed by atoms with Crippen molar-refractivity contribution < 1.29 is 19.3 Å². The van der Waals surface area contributed by atoms with E-state index in [0.717, 1.165) is 56.3 Å². The number of hydrogen-bond acceptors (Lipinski definition) is 6. The first-order valence-electron chi connectivity index (χ1n) is 8.88. The number of hydrogen-bond donors (Lipinski definition) is 2. The zero-order valence-corrected chi connectivity index (χ0v) is 16.2. The third-order valence-electron chi connectivity index (χ3n) is 4.88. The number of thiocarbonyl (C=S) groups is 1. The van der Waals surface area contributed by atoms with Gasteiger partial charge >= 0.3 is 0 Å². The van der Waals surface area contributed by atoms with E-state index in [1.807, 2.05) is 17.0 Å². The number of benzene rings is 1. The van der Waals surface area contributed by atoms with E-state index >= 15 is 0 Å². The number of methoxy groups -OCH3 is 2. The molecule has 0 bridgehead atoms. The number of aliphatic hydroxyl groups excluding tert-OH is 1. The second-order valence-electron chi connectivity index (χ2n) is 6.44. The Balaban J connectivity index is 1.63. The molecule has 144 valence electrons. The highest BCUT2D eigenvalue weighted by Gasteiger charge is 2.30. The molecule has 26 heavy (non-hydrogen) atoms. The van der Waals surface area contributed by atoms with Crippen molar-refractivity contribution in [2.45, 2.75) is 12.6 Å². The van der Waals surface area contributed by atoms with Crippen LogP contribution >= 0.6 is 12.2 Å². The van der Waals surface area contributed by atoms with Gasteiger partial charge in [-0.2, -0.15) is 0 Å². The van der Waals surface area contributed by atoms with Crippen LogP contribution in [0.2, 0.25) is 0 Å². The van der Waals surface area contributed by atoms with Crippen molar-refractivity contribution in [2.75, 3.05) is 60.2 Å². The molecule has 2 N–H and O–H groups in total. The quantitative estimate of drug-likeness (QED) is 0.725. The normalized spacial score (nSPS) is 20.4. The maximum absolute atomic E-state index is 10.7. The van der Waals surface area contributed by atoms with Crippen molar-refractivity contribution in [3.8, 4) is 11.5 Å². The van der Waals surface area contributed by atoms with Crippen LogP contribution in [0.1, 0.15) is 17.2 Å². The van der Waals surface area contributed by atoms with Gasteiger partial charge in [-0.05, 0) is 24.4 Å². The van der Waals surface area contributed by atoms with Crippen molar-refractivity contribution in [1.82, 2.24) is 15.1 Å².